The van der Waals surface area contributed by atoms with Gasteiger partial charge in [0.25, 0.3) is 0 Å². The molecule has 0 aromatic carbocycles. The highest BCUT2D eigenvalue weighted by Crippen LogP contribution is 2.38. The van der Waals surface area contributed by atoms with Crippen molar-refractivity contribution in [2.45, 2.75) is 64.2 Å². The maximum Gasteiger partial charge on any atom is 0.303 e. The number of amides is 1. The number of unbranched alkanes of at least 4 members (excludes halogenated alkanes) is 2. The fourth-order valence-corrected chi connectivity index (χ4v) is 3.02. The zero-order valence-corrected chi connectivity index (χ0v) is 12.3. The van der Waals surface area contributed by atoms with Gasteiger partial charge in [-0.3, -0.25) is 9.59 Å². The molecule has 116 valence electrons. The van der Waals surface area contributed by atoms with Crippen molar-refractivity contribution in [3.8, 4) is 0 Å². The largest absolute Gasteiger partial charge is 0.481 e. The standard InChI is InChI=1S/C15H28N2O3/c16-10-6-1-3-7-13(18)17-12-15(11-14(19)20)8-4-2-5-9-15/h1-12,16H2,(H,17,18)(H,19,20). The minimum absolute atomic E-state index is 0.0392. The summed E-state index contributed by atoms with van der Waals surface area (Å²) in [7, 11) is 0. The number of carbonyl (C=O) groups is 2. The number of rotatable bonds is 9. The van der Waals surface area contributed by atoms with E-state index in [0.29, 0.717) is 19.5 Å². The average Bonchev–Trinajstić information content (AvgIpc) is 2.42. The monoisotopic (exact) mass is 284 g/mol. The summed E-state index contributed by atoms with van der Waals surface area (Å²) in [6.45, 7) is 1.18. The molecule has 0 aliphatic heterocycles. The molecule has 0 saturated heterocycles. The summed E-state index contributed by atoms with van der Waals surface area (Å²) in [6, 6.07) is 0. The Balaban J connectivity index is 2.34. The van der Waals surface area contributed by atoms with E-state index in [-0.39, 0.29) is 17.7 Å². The van der Waals surface area contributed by atoms with Crippen molar-refractivity contribution in [3.63, 3.8) is 0 Å². The average molecular weight is 284 g/mol. The Morgan fingerprint density at radius 3 is 2.40 bits per heavy atom. The van der Waals surface area contributed by atoms with Crippen molar-refractivity contribution >= 4 is 11.9 Å². The summed E-state index contributed by atoms with van der Waals surface area (Å²) >= 11 is 0. The van der Waals surface area contributed by atoms with Crippen LogP contribution in [-0.4, -0.2) is 30.1 Å². The van der Waals surface area contributed by atoms with Gasteiger partial charge in [-0.05, 0) is 37.6 Å². The maximum atomic E-state index is 11.8. The van der Waals surface area contributed by atoms with Crippen LogP contribution >= 0.6 is 0 Å². The van der Waals surface area contributed by atoms with Crippen LogP contribution in [-0.2, 0) is 9.59 Å². The summed E-state index contributed by atoms with van der Waals surface area (Å²) in [4.78, 5) is 22.8. The number of hydrogen-bond donors (Lipinski definition) is 3. The van der Waals surface area contributed by atoms with Crippen molar-refractivity contribution < 1.29 is 14.7 Å². The van der Waals surface area contributed by atoms with E-state index in [2.05, 4.69) is 5.32 Å². The molecule has 0 heterocycles. The van der Waals surface area contributed by atoms with Crippen molar-refractivity contribution in [3.05, 3.63) is 0 Å². The molecule has 0 atom stereocenters. The molecular weight excluding hydrogens is 256 g/mol. The molecule has 0 radical (unpaired) electrons. The quantitative estimate of drug-likeness (QED) is 0.565. The molecule has 1 fully saturated rings. The number of nitrogens with two attached hydrogens (primary N) is 1. The molecule has 1 aliphatic carbocycles. The molecule has 1 saturated carbocycles. The van der Waals surface area contributed by atoms with Gasteiger partial charge in [0, 0.05) is 13.0 Å². The summed E-state index contributed by atoms with van der Waals surface area (Å²) in [5.74, 6) is -0.721. The molecular formula is C15H28N2O3. The van der Waals surface area contributed by atoms with Crippen LogP contribution in [0.15, 0.2) is 0 Å². The second-order valence-corrected chi connectivity index (χ2v) is 6.01. The molecule has 5 nitrogen and oxygen atoms in total. The highest BCUT2D eigenvalue weighted by atomic mass is 16.4. The second-order valence-electron chi connectivity index (χ2n) is 6.01. The third-order valence-corrected chi connectivity index (χ3v) is 4.21. The van der Waals surface area contributed by atoms with Crippen LogP contribution in [0.2, 0.25) is 0 Å². The van der Waals surface area contributed by atoms with Gasteiger partial charge in [0.05, 0.1) is 6.42 Å². The zero-order valence-electron chi connectivity index (χ0n) is 12.3. The minimum Gasteiger partial charge on any atom is -0.481 e. The molecule has 0 unspecified atom stereocenters. The Morgan fingerprint density at radius 1 is 1.10 bits per heavy atom. The first-order chi connectivity index (χ1) is 9.58. The molecule has 0 aromatic heterocycles. The number of carbonyl (C=O) groups excluding carboxylic acids is 1. The summed E-state index contributed by atoms with van der Waals surface area (Å²) in [6.07, 6.45) is 8.60. The van der Waals surface area contributed by atoms with Crippen LogP contribution in [0, 0.1) is 5.41 Å². The molecule has 0 aromatic rings. The first-order valence-electron chi connectivity index (χ1n) is 7.76. The predicted molar refractivity (Wildman–Crippen MR) is 78.3 cm³/mol. The van der Waals surface area contributed by atoms with Gasteiger partial charge in [-0.1, -0.05) is 25.7 Å². The lowest BCUT2D eigenvalue weighted by Crippen LogP contribution is -2.40. The molecule has 20 heavy (non-hydrogen) atoms. The van der Waals surface area contributed by atoms with Crippen molar-refractivity contribution in [1.82, 2.24) is 5.32 Å². The molecule has 0 spiro atoms. The summed E-state index contributed by atoms with van der Waals surface area (Å²) in [5, 5.41) is 12.0. The van der Waals surface area contributed by atoms with Crippen LogP contribution in [0.25, 0.3) is 0 Å². The number of nitrogens with one attached hydrogen (secondary N) is 1. The van der Waals surface area contributed by atoms with Crippen molar-refractivity contribution in [2.24, 2.45) is 11.1 Å². The van der Waals surface area contributed by atoms with Crippen molar-refractivity contribution in [2.75, 3.05) is 13.1 Å². The maximum absolute atomic E-state index is 11.8. The fraction of sp³-hybridized carbons (Fsp3) is 0.867. The molecule has 0 bridgehead atoms. The van der Waals surface area contributed by atoms with Gasteiger partial charge in [0.1, 0.15) is 0 Å². The fourth-order valence-electron chi connectivity index (χ4n) is 3.02. The third-order valence-electron chi connectivity index (χ3n) is 4.21. The highest BCUT2D eigenvalue weighted by Gasteiger charge is 2.34. The predicted octanol–water partition coefficient (Wildman–Crippen LogP) is 2.05. The van der Waals surface area contributed by atoms with Gasteiger partial charge in [0.15, 0.2) is 0 Å². The van der Waals surface area contributed by atoms with Crippen molar-refractivity contribution in [1.29, 1.82) is 0 Å². The number of carboxylic acid groups (broad SMARTS) is 1. The van der Waals surface area contributed by atoms with E-state index in [1.807, 2.05) is 0 Å². The summed E-state index contributed by atoms with van der Waals surface area (Å²) < 4.78 is 0. The lowest BCUT2D eigenvalue weighted by atomic mass is 9.71. The lowest BCUT2D eigenvalue weighted by molar-refractivity contribution is -0.140. The first kappa shape index (κ1) is 17.0. The van der Waals surface area contributed by atoms with Crippen LogP contribution in [0.4, 0.5) is 0 Å². The van der Waals surface area contributed by atoms with Crippen LogP contribution < -0.4 is 11.1 Å². The Bertz CT molecular complexity index is 312. The van der Waals surface area contributed by atoms with Gasteiger partial charge >= 0.3 is 5.97 Å². The van der Waals surface area contributed by atoms with Crippen LogP contribution in [0.3, 0.4) is 0 Å². The van der Waals surface area contributed by atoms with Gasteiger partial charge < -0.3 is 16.2 Å². The minimum atomic E-state index is -0.760. The van der Waals surface area contributed by atoms with Gasteiger partial charge in [-0.15, -0.1) is 0 Å². The zero-order chi connectivity index (χ0) is 14.8. The number of hydrogen-bond acceptors (Lipinski definition) is 3. The van der Waals surface area contributed by atoms with E-state index in [1.165, 1.54) is 6.42 Å². The van der Waals surface area contributed by atoms with Crippen LogP contribution in [0.1, 0.15) is 64.2 Å². The molecule has 1 aliphatic rings. The first-order valence-corrected chi connectivity index (χ1v) is 7.76. The van der Waals surface area contributed by atoms with E-state index < -0.39 is 5.97 Å². The molecule has 1 amide bonds. The van der Waals surface area contributed by atoms with Crippen LogP contribution in [0.5, 0.6) is 0 Å². The Morgan fingerprint density at radius 2 is 1.80 bits per heavy atom. The second kappa shape index (κ2) is 8.95. The van der Waals surface area contributed by atoms with Gasteiger partial charge in [-0.2, -0.15) is 0 Å². The molecule has 5 heteroatoms. The molecule has 4 N–H and O–H groups in total. The molecule has 1 rings (SSSR count). The SMILES string of the molecule is NCCCCCC(=O)NCC1(CC(=O)O)CCCCC1. The normalized spacial score (nSPS) is 17.6. The van der Waals surface area contributed by atoms with E-state index in [9.17, 15) is 9.59 Å². The van der Waals surface area contributed by atoms with E-state index in [0.717, 1.165) is 44.9 Å². The Hall–Kier alpha value is -1.10. The highest BCUT2D eigenvalue weighted by molar-refractivity contribution is 5.76. The van der Waals surface area contributed by atoms with E-state index >= 15 is 0 Å². The lowest BCUT2D eigenvalue weighted by Gasteiger charge is -2.36. The third kappa shape index (κ3) is 6.37. The smallest absolute Gasteiger partial charge is 0.303 e. The van der Waals surface area contributed by atoms with E-state index in [1.54, 1.807) is 0 Å². The Kier molecular flexibility index (Phi) is 7.59. The summed E-state index contributed by atoms with van der Waals surface area (Å²) in [5.41, 5.74) is 5.18. The number of aliphatic carboxylic acids is 1. The van der Waals surface area contributed by atoms with Gasteiger partial charge in [-0.25, -0.2) is 0 Å². The van der Waals surface area contributed by atoms with Gasteiger partial charge in [0.2, 0.25) is 5.91 Å². The Labute approximate surface area is 121 Å². The van der Waals surface area contributed by atoms with E-state index in [4.69, 9.17) is 10.8 Å². The number of carboxylic acids is 1. The topological polar surface area (TPSA) is 92.4 Å².